The van der Waals surface area contributed by atoms with Crippen molar-refractivity contribution in [1.29, 1.82) is 0 Å². The van der Waals surface area contributed by atoms with Gasteiger partial charge in [-0.2, -0.15) is 13.2 Å². The molecule has 3 rings (SSSR count). The zero-order valence-electron chi connectivity index (χ0n) is 17.1. The Labute approximate surface area is 190 Å². The van der Waals surface area contributed by atoms with E-state index in [1.807, 2.05) is 0 Å². The number of thioether (sulfide) groups is 1. The van der Waals surface area contributed by atoms with E-state index in [0.29, 0.717) is 32.0 Å². The number of nitrogens with one attached hydrogen (secondary N) is 1. The second-order valence-electron chi connectivity index (χ2n) is 6.97. The summed E-state index contributed by atoms with van der Waals surface area (Å²) in [6.07, 6.45) is -4.60. The molecule has 0 unspecified atom stereocenters. The van der Waals surface area contributed by atoms with Gasteiger partial charge in [0.25, 0.3) is 5.69 Å². The van der Waals surface area contributed by atoms with Gasteiger partial charge in [-0.1, -0.05) is 0 Å². The van der Waals surface area contributed by atoms with E-state index >= 15 is 0 Å². The fourth-order valence-corrected chi connectivity index (χ4v) is 3.96. The van der Waals surface area contributed by atoms with Gasteiger partial charge in [-0.05, 0) is 30.3 Å². The van der Waals surface area contributed by atoms with Gasteiger partial charge in [0.2, 0.25) is 11.8 Å². The van der Waals surface area contributed by atoms with Crippen LogP contribution in [0, 0.1) is 10.1 Å². The van der Waals surface area contributed by atoms with E-state index < -0.39 is 34.2 Å². The molecule has 0 aromatic heterocycles. The number of alkyl halides is 3. The molecule has 3 N–H and O–H groups in total. The molecule has 1 saturated heterocycles. The van der Waals surface area contributed by atoms with Crippen molar-refractivity contribution < 1.29 is 32.4 Å². The summed E-state index contributed by atoms with van der Waals surface area (Å²) >= 11 is 0.813. The van der Waals surface area contributed by atoms with Crippen molar-refractivity contribution in [3.8, 4) is 0 Å². The number of nitro groups is 1. The summed E-state index contributed by atoms with van der Waals surface area (Å²) < 4.78 is 44.9. The van der Waals surface area contributed by atoms with Gasteiger partial charge in [0.15, 0.2) is 0 Å². The van der Waals surface area contributed by atoms with Crippen molar-refractivity contribution in [2.45, 2.75) is 11.1 Å². The van der Waals surface area contributed by atoms with Gasteiger partial charge < -0.3 is 20.7 Å². The number of amides is 2. The summed E-state index contributed by atoms with van der Waals surface area (Å²) in [4.78, 5) is 36.3. The number of benzene rings is 2. The highest BCUT2D eigenvalue weighted by Crippen LogP contribution is 2.36. The largest absolute Gasteiger partial charge is 0.416 e. The second kappa shape index (κ2) is 10.1. The van der Waals surface area contributed by atoms with Crippen LogP contribution in [-0.4, -0.2) is 48.8 Å². The van der Waals surface area contributed by atoms with Crippen LogP contribution in [0.4, 0.5) is 30.2 Å². The van der Waals surface area contributed by atoms with Crippen LogP contribution in [-0.2, 0) is 15.7 Å². The van der Waals surface area contributed by atoms with Gasteiger partial charge >= 0.3 is 6.18 Å². The number of nitrogens with two attached hydrogens (primary N) is 1. The van der Waals surface area contributed by atoms with Gasteiger partial charge in [0.05, 0.1) is 45.7 Å². The number of hydrogen-bond acceptors (Lipinski definition) is 7. The molecular weight excluding hydrogens is 465 g/mol. The van der Waals surface area contributed by atoms with Crippen molar-refractivity contribution in [3.63, 3.8) is 0 Å². The van der Waals surface area contributed by atoms with Crippen molar-refractivity contribution in [3.05, 3.63) is 57.6 Å². The van der Waals surface area contributed by atoms with Crippen LogP contribution in [0.1, 0.15) is 15.9 Å². The lowest BCUT2D eigenvalue weighted by molar-refractivity contribution is -0.387. The number of nitro benzene ring substituents is 1. The topological polar surface area (TPSA) is 128 Å². The monoisotopic (exact) mass is 484 g/mol. The van der Waals surface area contributed by atoms with Gasteiger partial charge in [0.1, 0.15) is 0 Å². The van der Waals surface area contributed by atoms with Gasteiger partial charge in [-0.25, -0.2) is 0 Å². The SMILES string of the molecule is NC(=O)c1ccc(SCC(=O)Nc2cc(C(F)(F)F)ccc2N2CCOCC2)c([N+](=O)[O-])c1. The Morgan fingerprint density at radius 1 is 1.18 bits per heavy atom. The van der Waals surface area contributed by atoms with E-state index in [-0.39, 0.29) is 21.9 Å². The summed E-state index contributed by atoms with van der Waals surface area (Å²) in [5, 5.41) is 13.8. The highest BCUT2D eigenvalue weighted by Gasteiger charge is 2.32. The maximum atomic E-state index is 13.2. The number of morpholine rings is 1. The van der Waals surface area contributed by atoms with Gasteiger partial charge in [-0.15, -0.1) is 11.8 Å². The molecule has 2 amide bonds. The molecule has 0 bridgehead atoms. The average molecular weight is 484 g/mol. The predicted molar refractivity (Wildman–Crippen MR) is 115 cm³/mol. The Bertz CT molecular complexity index is 1070. The first-order valence-electron chi connectivity index (χ1n) is 9.61. The first-order valence-corrected chi connectivity index (χ1v) is 10.6. The number of carbonyl (C=O) groups excluding carboxylic acids is 2. The Kier molecular flexibility index (Phi) is 7.43. The number of carbonyl (C=O) groups is 2. The molecular formula is C20H19F3N4O5S. The van der Waals surface area contributed by atoms with Crippen LogP contribution >= 0.6 is 11.8 Å². The van der Waals surface area contributed by atoms with Crippen molar-refractivity contribution in [2.75, 3.05) is 42.3 Å². The molecule has 0 saturated carbocycles. The highest BCUT2D eigenvalue weighted by molar-refractivity contribution is 8.00. The first-order chi connectivity index (χ1) is 15.6. The second-order valence-corrected chi connectivity index (χ2v) is 7.99. The number of ether oxygens (including phenoxy) is 1. The Hall–Kier alpha value is -3.32. The minimum Gasteiger partial charge on any atom is -0.378 e. The Morgan fingerprint density at radius 3 is 2.48 bits per heavy atom. The van der Waals surface area contributed by atoms with E-state index in [0.717, 1.165) is 30.0 Å². The van der Waals surface area contributed by atoms with Crippen LogP contribution in [0.3, 0.4) is 0 Å². The fourth-order valence-electron chi connectivity index (χ4n) is 3.16. The van der Waals surface area contributed by atoms with Crippen LogP contribution in [0.25, 0.3) is 0 Å². The van der Waals surface area contributed by atoms with Crippen molar-refractivity contribution in [1.82, 2.24) is 0 Å². The molecule has 13 heteroatoms. The Morgan fingerprint density at radius 2 is 1.88 bits per heavy atom. The quantitative estimate of drug-likeness (QED) is 0.351. The third-order valence-corrected chi connectivity index (χ3v) is 5.81. The molecule has 0 spiro atoms. The average Bonchev–Trinajstić information content (AvgIpc) is 2.77. The summed E-state index contributed by atoms with van der Waals surface area (Å²) in [5.41, 5.74) is 4.15. The number of hydrogen-bond donors (Lipinski definition) is 2. The van der Waals surface area contributed by atoms with E-state index in [2.05, 4.69) is 5.32 Å². The van der Waals surface area contributed by atoms with Crippen molar-refractivity contribution in [2.24, 2.45) is 5.73 Å². The van der Waals surface area contributed by atoms with E-state index in [4.69, 9.17) is 10.5 Å². The number of halogens is 3. The first kappa shape index (κ1) is 24.3. The lowest BCUT2D eigenvalue weighted by Gasteiger charge is -2.31. The molecule has 9 nitrogen and oxygen atoms in total. The molecule has 0 atom stereocenters. The smallest absolute Gasteiger partial charge is 0.378 e. The van der Waals surface area contributed by atoms with Crippen LogP contribution in [0.15, 0.2) is 41.3 Å². The standard InChI is InChI=1S/C20H19F3N4O5S/c21-20(22,23)13-2-3-15(26-5-7-32-8-6-26)14(10-13)25-18(28)11-33-17-4-1-12(19(24)29)9-16(17)27(30)31/h1-4,9-10H,5-8,11H2,(H2,24,29)(H,25,28). The maximum Gasteiger partial charge on any atom is 0.416 e. The predicted octanol–water partition coefficient (Wildman–Crippen LogP) is 3.28. The third kappa shape index (κ3) is 6.14. The molecule has 1 aliphatic rings. The molecule has 1 heterocycles. The minimum atomic E-state index is -4.60. The van der Waals surface area contributed by atoms with E-state index in [1.54, 1.807) is 4.90 Å². The fraction of sp³-hybridized carbons (Fsp3) is 0.300. The zero-order valence-corrected chi connectivity index (χ0v) is 17.9. The number of rotatable bonds is 7. The summed E-state index contributed by atoms with van der Waals surface area (Å²) in [6.45, 7) is 1.69. The van der Waals surface area contributed by atoms with Crippen LogP contribution in [0.5, 0.6) is 0 Å². The molecule has 0 aliphatic carbocycles. The normalized spacial score (nSPS) is 14.1. The molecule has 0 radical (unpaired) electrons. The van der Waals surface area contributed by atoms with E-state index in [9.17, 15) is 32.9 Å². The molecule has 2 aromatic carbocycles. The lowest BCUT2D eigenvalue weighted by Crippen LogP contribution is -2.37. The number of primary amides is 1. The molecule has 1 aliphatic heterocycles. The molecule has 176 valence electrons. The van der Waals surface area contributed by atoms with Crippen molar-refractivity contribution >= 4 is 40.6 Å². The van der Waals surface area contributed by atoms with Gasteiger partial charge in [-0.3, -0.25) is 19.7 Å². The molecule has 1 fully saturated rings. The summed E-state index contributed by atoms with van der Waals surface area (Å²) in [7, 11) is 0. The summed E-state index contributed by atoms with van der Waals surface area (Å²) in [6, 6.07) is 6.69. The van der Waals surface area contributed by atoms with Crippen LogP contribution in [0.2, 0.25) is 0 Å². The third-order valence-electron chi connectivity index (χ3n) is 4.75. The number of anilines is 2. The zero-order chi connectivity index (χ0) is 24.2. The van der Waals surface area contributed by atoms with E-state index in [1.165, 1.54) is 18.2 Å². The highest BCUT2D eigenvalue weighted by atomic mass is 32.2. The number of nitrogens with zero attached hydrogens (tertiary/aromatic N) is 2. The summed E-state index contributed by atoms with van der Waals surface area (Å²) in [5.74, 6) is -1.80. The molecule has 33 heavy (non-hydrogen) atoms. The minimum absolute atomic E-state index is 0.0177. The Balaban J connectivity index is 1.79. The maximum absolute atomic E-state index is 13.2. The van der Waals surface area contributed by atoms with Crippen LogP contribution < -0.4 is 16.0 Å². The lowest BCUT2D eigenvalue weighted by atomic mass is 10.1. The molecule has 2 aromatic rings. The van der Waals surface area contributed by atoms with Gasteiger partial charge in [0, 0.05) is 24.7 Å².